The van der Waals surface area contributed by atoms with Gasteiger partial charge in [-0.1, -0.05) is 41.5 Å². The molecular formula is C28H51N5O9. The van der Waals surface area contributed by atoms with Crippen molar-refractivity contribution in [1.29, 1.82) is 0 Å². The Morgan fingerprint density at radius 3 is 1.81 bits per heavy atom. The van der Waals surface area contributed by atoms with Crippen molar-refractivity contribution in [3.8, 4) is 0 Å². The molecule has 6 N–H and O–H groups in total. The van der Waals surface area contributed by atoms with Gasteiger partial charge in [-0.15, -0.1) is 0 Å². The van der Waals surface area contributed by atoms with Gasteiger partial charge in [-0.2, -0.15) is 0 Å². The minimum absolute atomic E-state index is 0.0285. The van der Waals surface area contributed by atoms with Crippen LogP contribution in [-0.4, -0.2) is 108 Å². The number of hydrogen-bond acceptors (Lipinski definition) is 8. The number of methoxy groups -OCH3 is 1. The maximum Gasteiger partial charge on any atom is 0.326 e. The van der Waals surface area contributed by atoms with Crippen LogP contribution in [0.2, 0.25) is 0 Å². The minimum Gasteiger partial charge on any atom is -0.480 e. The normalized spacial score (nSPS) is 14.9. The van der Waals surface area contributed by atoms with Crippen LogP contribution in [-0.2, 0) is 33.5 Å². The molecule has 0 aromatic carbocycles. The lowest BCUT2D eigenvalue weighted by Gasteiger charge is -2.34. The number of nitrogens with one attached hydrogen (secondary N) is 4. The highest BCUT2D eigenvalue weighted by Crippen LogP contribution is 2.15. The van der Waals surface area contributed by atoms with Crippen LogP contribution < -0.4 is 21.3 Å². The largest absolute Gasteiger partial charge is 0.480 e. The summed E-state index contributed by atoms with van der Waals surface area (Å²) >= 11 is 0. The molecule has 5 amide bonds. The van der Waals surface area contributed by atoms with Crippen molar-refractivity contribution in [2.75, 3.05) is 27.3 Å². The first-order chi connectivity index (χ1) is 19.4. The Bertz CT molecular complexity index is 923. The predicted octanol–water partition coefficient (Wildman–Crippen LogP) is -0.366. The molecule has 0 aromatic rings. The van der Waals surface area contributed by atoms with E-state index in [2.05, 4.69) is 21.3 Å². The van der Waals surface area contributed by atoms with E-state index in [0.29, 0.717) is 0 Å². The molecule has 0 bridgehead atoms. The highest BCUT2D eigenvalue weighted by atomic mass is 16.5. The van der Waals surface area contributed by atoms with Gasteiger partial charge in [0.15, 0.2) is 0 Å². The Morgan fingerprint density at radius 1 is 0.786 bits per heavy atom. The van der Waals surface area contributed by atoms with Crippen molar-refractivity contribution in [2.45, 2.75) is 98.0 Å². The lowest BCUT2D eigenvalue weighted by atomic mass is 9.98. The molecule has 0 rings (SSSR count). The van der Waals surface area contributed by atoms with Crippen molar-refractivity contribution in [3.63, 3.8) is 0 Å². The lowest BCUT2D eigenvalue weighted by Crippen LogP contribution is -2.60. The third-order valence-corrected chi connectivity index (χ3v) is 6.39. The van der Waals surface area contributed by atoms with E-state index < -0.39 is 65.8 Å². The third-order valence-electron chi connectivity index (χ3n) is 6.39. The van der Waals surface area contributed by atoms with E-state index in [0.717, 1.165) is 0 Å². The summed E-state index contributed by atoms with van der Waals surface area (Å²) in [5, 5.41) is 29.6. The molecule has 14 heteroatoms. The Morgan fingerprint density at radius 2 is 1.36 bits per heavy atom. The first-order valence-corrected chi connectivity index (χ1v) is 14.3. The molecule has 0 aromatic heterocycles. The van der Waals surface area contributed by atoms with Crippen molar-refractivity contribution in [1.82, 2.24) is 26.2 Å². The Kier molecular flexibility index (Phi) is 17.6. The first-order valence-electron chi connectivity index (χ1n) is 14.3. The highest BCUT2D eigenvalue weighted by Gasteiger charge is 2.36. The molecule has 0 saturated carbocycles. The van der Waals surface area contributed by atoms with Crippen LogP contribution in [0.4, 0.5) is 0 Å². The van der Waals surface area contributed by atoms with E-state index in [1.807, 2.05) is 27.7 Å². The molecule has 0 aliphatic heterocycles. The summed E-state index contributed by atoms with van der Waals surface area (Å²) in [5.41, 5.74) is 0. The van der Waals surface area contributed by atoms with Gasteiger partial charge in [0.05, 0.1) is 6.10 Å². The zero-order valence-electron chi connectivity index (χ0n) is 26.4. The standard InChI is InChI=1S/C28H51N5O9/c1-15(2)12-19(28(40)41)30-21(35)10-11-29-26(38)24(18(7)34)32-25(37)20(13-16(3)4)33(8)27(39)23(17(5)6)31-22(36)14-42-9/h15-20,23-24,34H,10-14H2,1-9H3,(H,29,38)(H,30,35)(H,31,36)(H,32,37)(H,40,41)/t18-,19-,20-,23+,24+/m1/s1. The van der Waals surface area contributed by atoms with Crippen LogP contribution >= 0.6 is 0 Å². The number of carboxylic acid groups (broad SMARTS) is 1. The lowest BCUT2D eigenvalue weighted by molar-refractivity contribution is -0.144. The van der Waals surface area contributed by atoms with Crippen molar-refractivity contribution in [2.24, 2.45) is 17.8 Å². The van der Waals surface area contributed by atoms with E-state index >= 15 is 0 Å². The van der Waals surface area contributed by atoms with E-state index in [9.17, 15) is 39.0 Å². The molecule has 42 heavy (non-hydrogen) atoms. The maximum atomic E-state index is 13.4. The summed E-state index contributed by atoms with van der Waals surface area (Å²) in [6.07, 6.45) is -1.05. The number of ether oxygens (including phenoxy) is 1. The van der Waals surface area contributed by atoms with Gasteiger partial charge < -0.3 is 41.1 Å². The molecule has 0 spiro atoms. The fraction of sp³-hybridized carbons (Fsp3) is 0.786. The fourth-order valence-electron chi connectivity index (χ4n) is 4.14. The van der Waals surface area contributed by atoms with Gasteiger partial charge in [0.1, 0.15) is 30.8 Å². The number of carbonyl (C=O) groups is 6. The number of hydrogen-bond donors (Lipinski definition) is 6. The smallest absolute Gasteiger partial charge is 0.326 e. The van der Waals surface area contributed by atoms with E-state index in [-0.39, 0.29) is 50.2 Å². The van der Waals surface area contributed by atoms with Gasteiger partial charge in [0.25, 0.3) is 0 Å². The summed E-state index contributed by atoms with van der Waals surface area (Å²) in [6, 6.07) is -4.40. The van der Waals surface area contributed by atoms with Gasteiger partial charge in [-0.05, 0) is 37.5 Å². The SMILES string of the molecule is COCC(=O)N[C@H](C(=O)N(C)[C@H](CC(C)C)C(=O)N[C@H](C(=O)NCCC(=O)N[C@H](CC(C)C)C(=O)O)[C@@H](C)O)C(C)C. The number of aliphatic hydroxyl groups is 1. The van der Waals surface area contributed by atoms with Gasteiger partial charge in [-0.25, -0.2) is 4.79 Å². The fourth-order valence-corrected chi connectivity index (χ4v) is 4.14. The average Bonchev–Trinajstić information content (AvgIpc) is 2.86. The van der Waals surface area contributed by atoms with Crippen LogP contribution in [0, 0.1) is 17.8 Å². The molecule has 0 fully saturated rings. The topological polar surface area (TPSA) is 203 Å². The van der Waals surface area contributed by atoms with Gasteiger partial charge in [-0.3, -0.25) is 24.0 Å². The summed E-state index contributed by atoms with van der Waals surface area (Å²) in [5.74, 6) is -4.44. The zero-order valence-corrected chi connectivity index (χ0v) is 26.4. The third kappa shape index (κ3) is 14.1. The van der Waals surface area contributed by atoms with Gasteiger partial charge in [0, 0.05) is 27.1 Å². The number of aliphatic hydroxyl groups excluding tert-OH is 1. The number of aliphatic carboxylic acids is 1. The second-order valence-corrected chi connectivity index (χ2v) is 11.7. The van der Waals surface area contributed by atoms with E-state index in [1.54, 1.807) is 13.8 Å². The van der Waals surface area contributed by atoms with Crippen molar-refractivity contribution < 1.29 is 43.7 Å². The summed E-state index contributed by atoms with van der Waals surface area (Å²) in [7, 11) is 2.79. The number of likely N-dealkylation sites (N-methyl/N-ethyl adjacent to an activating group) is 1. The molecule has 0 unspecified atom stereocenters. The van der Waals surface area contributed by atoms with Crippen LogP contribution in [0.3, 0.4) is 0 Å². The quantitative estimate of drug-likeness (QED) is 0.114. The highest BCUT2D eigenvalue weighted by molar-refractivity contribution is 5.94. The molecule has 242 valence electrons. The molecule has 0 saturated heterocycles. The molecule has 0 aliphatic carbocycles. The zero-order chi connectivity index (χ0) is 32.7. The van der Waals surface area contributed by atoms with Gasteiger partial charge in [0.2, 0.25) is 29.5 Å². The monoisotopic (exact) mass is 601 g/mol. The minimum atomic E-state index is -1.39. The van der Waals surface area contributed by atoms with Crippen molar-refractivity contribution in [3.05, 3.63) is 0 Å². The molecule has 14 nitrogen and oxygen atoms in total. The Labute approximate surface area is 248 Å². The number of rotatable bonds is 19. The number of amides is 5. The molecular weight excluding hydrogens is 550 g/mol. The van der Waals surface area contributed by atoms with E-state index in [4.69, 9.17) is 4.74 Å². The summed E-state index contributed by atoms with van der Waals surface area (Å²) < 4.78 is 4.82. The van der Waals surface area contributed by atoms with E-state index in [1.165, 1.54) is 26.0 Å². The molecule has 5 atom stereocenters. The van der Waals surface area contributed by atoms with Gasteiger partial charge >= 0.3 is 5.97 Å². The number of carbonyl (C=O) groups excluding carboxylic acids is 5. The van der Waals surface area contributed by atoms with Crippen LogP contribution in [0.1, 0.15) is 67.7 Å². The molecule has 0 aliphatic rings. The molecule has 0 heterocycles. The Hall–Kier alpha value is -3.26. The average molecular weight is 602 g/mol. The maximum absolute atomic E-state index is 13.4. The van der Waals surface area contributed by atoms with Crippen LogP contribution in [0.25, 0.3) is 0 Å². The van der Waals surface area contributed by atoms with Crippen LogP contribution in [0.5, 0.6) is 0 Å². The Balaban J connectivity index is 5.52. The number of nitrogens with zero attached hydrogens (tertiary/aromatic N) is 1. The summed E-state index contributed by atoms with van der Waals surface area (Å²) in [4.78, 5) is 76.6. The predicted molar refractivity (Wildman–Crippen MR) is 155 cm³/mol. The number of carboxylic acids is 1. The second kappa shape index (κ2) is 19.0. The van der Waals surface area contributed by atoms with Crippen LogP contribution in [0.15, 0.2) is 0 Å². The summed E-state index contributed by atoms with van der Waals surface area (Å²) in [6.45, 7) is 11.8. The van der Waals surface area contributed by atoms with Crippen molar-refractivity contribution >= 4 is 35.5 Å². The second-order valence-electron chi connectivity index (χ2n) is 11.7. The first kappa shape index (κ1) is 38.7. The molecule has 0 radical (unpaired) electrons.